The standard InChI is InChI=1S/C14H25NO4S/c1-3-10-7-12(15-20(17,18)13-5-6-13)8-11(10)9-14(16)19-4-2/h10-13,15H,3-9H2,1-2H3. The fraction of sp³-hybridized carbons (Fsp3) is 0.929. The van der Waals surface area contributed by atoms with Crippen LogP contribution in [0.1, 0.15) is 52.4 Å². The first-order valence-corrected chi connectivity index (χ1v) is 9.17. The number of rotatable bonds is 7. The third kappa shape index (κ3) is 3.95. The van der Waals surface area contributed by atoms with Crippen molar-refractivity contribution in [3.63, 3.8) is 0 Å². The van der Waals surface area contributed by atoms with Crippen LogP contribution in [0.4, 0.5) is 0 Å². The van der Waals surface area contributed by atoms with Crippen LogP contribution in [0.15, 0.2) is 0 Å². The van der Waals surface area contributed by atoms with E-state index in [4.69, 9.17) is 4.74 Å². The van der Waals surface area contributed by atoms with Crippen molar-refractivity contribution in [1.29, 1.82) is 0 Å². The quantitative estimate of drug-likeness (QED) is 0.728. The molecule has 6 heteroatoms. The number of carbonyl (C=O) groups is 1. The van der Waals surface area contributed by atoms with Gasteiger partial charge in [0.25, 0.3) is 0 Å². The van der Waals surface area contributed by atoms with Crippen molar-refractivity contribution < 1.29 is 17.9 Å². The molecule has 2 rings (SSSR count). The Morgan fingerprint density at radius 3 is 2.40 bits per heavy atom. The van der Waals surface area contributed by atoms with Crippen LogP contribution in [0.3, 0.4) is 0 Å². The summed E-state index contributed by atoms with van der Waals surface area (Å²) in [6, 6.07) is -0.00928. The molecule has 0 spiro atoms. The first-order chi connectivity index (χ1) is 9.46. The van der Waals surface area contributed by atoms with E-state index in [0.717, 1.165) is 32.1 Å². The molecule has 3 unspecified atom stereocenters. The van der Waals surface area contributed by atoms with Gasteiger partial charge in [-0.15, -0.1) is 0 Å². The fourth-order valence-corrected chi connectivity index (χ4v) is 4.81. The van der Waals surface area contributed by atoms with Crippen LogP contribution in [0.5, 0.6) is 0 Å². The normalized spacial score (nSPS) is 30.4. The van der Waals surface area contributed by atoms with Gasteiger partial charge in [-0.2, -0.15) is 0 Å². The second-order valence-corrected chi connectivity index (χ2v) is 7.96. The molecular weight excluding hydrogens is 278 g/mol. The van der Waals surface area contributed by atoms with Crippen LogP contribution in [-0.2, 0) is 19.6 Å². The molecule has 0 aromatic carbocycles. The number of sulfonamides is 1. The van der Waals surface area contributed by atoms with Crippen LogP contribution in [0, 0.1) is 11.8 Å². The highest BCUT2D eigenvalue weighted by atomic mass is 32.2. The minimum atomic E-state index is -3.13. The van der Waals surface area contributed by atoms with Gasteiger partial charge in [-0.25, -0.2) is 13.1 Å². The predicted molar refractivity (Wildman–Crippen MR) is 76.6 cm³/mol. The van der Waals surface area contributed by atoms with Gasteiger partial charge in [0.2, 0.25) is 10.0 Å². The average Bonchev–Trinajstić information content (AvgIpc) is 3.15. The van der Waals surface area contributed by atoms with Gasteiger partial charge in [-0.3, -0.25) is 4.79 Å². The Labute approximate surface area is 121 Å². The molecule has 2 aliphatic carbocycles. The number of esters is 1. The molecular formula is C14H25NO4S. The van der Waals surface area contributed by atoms with E-state index in [1.165, 1.54) is 0 Å². The number of nitrogens with one attached hydrogen (secondary N) is 1. The number of hydrogen-bond acceptors (Lipinski definition) is 4. The zero-order valence-electron chi connectivity index (χ0n) is 12.3. The van der Waals surface area contributed by atoms with Gasteiger partial charge in [0.15, 0.2) is 0 Å². The SMILES string of the molecule is CCOC(=O)CC1CC(NS(=O)(=O)C2CC2)CC1CC. The molecule has 0 radical (unpaired) electrons. The molecule has 0 bridgehead atoms. The number of carbonyl (C=O) groups excluding carboxylic acids is 1. The highest BCUT2D eigenvalue weighted by molar-refractivity contribution is 7.90. The molecule has 2 saturated carbocycles. The van der Waals surface area contributed by atoms with E-state index >= 15 is 0 Å². The summed E-state index contributed by atoms with van der Waals surface area (Å²) in [5, 5.41) is -0.174. The topological polar surface area (TPSA) is 72.5 Å². The van der Waals surface area contributed by atoms with Crippen LogP contribution in [0.25, 0.3) is 0 Å². The van der Waals surface area contributed by atoms with Crippen LogP contribution in [0.2, 0.25) is 0 Å². The minimum Gasteiger partial charge on any atom is -0.466 e. The van der Waals surface area contributed by atoms with Crippen LogP contribution >= 0.6 is 0 Å². The Bertz CT molecular complexity index is 444. The number of hydrogen-bond donors (Lipinski definition) is 1. The molecule has 5 nitrogen and oxygen atoms in total. The predicted octanol–water partition coefficient (Wildman–Crippen LogP) is 1.83. The lowest BCUT2D eigenvalue weighted by Gasteiger charge is -2.16. The molecule has 116 valence electrons. The summed E-state index contributed by atoms with van der Waals surface area (Å²) >= 11 is 0. The minimum absolute atomic E-state index is 0.00928. The monoisotopic (exact) mass is 303 g/mol. The molecule has 2 aliphatic rings. The molecule has 0 aromatic rings. The Morgan fingerprint density at radius 1 is 1.20 bits per heavy atom. The van der Waals surface area contributed by atoms with Gasteiger partial charge < -0.3 is 4.74 Å². The smallest absolute Gasteiger partial charge is 0.306 e. The molecule has 20 heavy (non-hydrogen) atoms. The highest BCUT2D eigenvalue weighted by Gasteiger charge is 2.41. The van der Waals surface area contributed by atoms with Crippen LogP contribution in [-0.4, -0.2) is 32.3 Å². The Hall–Kier alpha value is -0.620. The zero-order chi connectivity index (χ0) is 14.8. The lowest BCUT2D eigenvalue weighted by atomic mass is 9.91. The van der Waals surface area contributed by atoms with Crippen molar-refractivity contribution in [1.82, 2.24) is 4.72 Å². The first kappa shape index (κ1) is 15.8. The third-order valence-corrected chi connectivity index (χ3v) is 6.40. The molecule has 0 amide bonds. The lowest BCUT2D eigenvalue weighted by Crippen LogP contribution is -2.35. The highest BCUT2D eigenvalue weighted by Crippen LogP contribution is 2.38. The van der Waals surface area contributed by atoms with Gasteiger partial charge in [-0.05, 0) is 44.4 Å². The second kappa shape index (κ2) is 6.43. The van der Waals surface area contributed by atoms with Gasteiger partial charge in [0, 0.05) is 12.5 Å². The third-order valence-electron chi connectivity index (χ3n) is 4.39. The molecule has 0 aromatic heterocycles. The maximum atomic E-state index is 12.0. The van der Waals surface area contributed by atoms with E-state index in [2.05, 4.69) is 11.6 Å². The molecule has 0 saturated heterocycles. The van der Waals surface area contributed by atoms with Crippen molar-refractivity contribution in [2.45, 2.75) is 63.7 Å². The zero-order valence-corrected chi connectivity index (χ0v) is 13.1. The largest absolute Gasteiger partial charge is 0.466 e. The van der Waals surface area contributed by atoms with Crippen molar-refractivity contribution in [3.05, 3.63) is 0 Å². The fourth-order valence-electron chi connectivity index (χ4n) is 3.20. The molecule has 3 atom stereocenters. The Kier molecular flexibility index (Phi) is 5.07. The van der Waals surface area contributed by atoms with Gasteiger partial charge in [-0.1, -0.05) is 13.3 Å². The lowest BCUT2D eigenvalue weighted by molar-refractivity contribution is -0.144. The molecule has 0 heterocycles. The summed E-state index contributed by atoms with van der Waals surface area (Å²) < 4.78 is 31.8. The van der Waals surface area contributed by atoms with Gasteiger partial charge >= 0.3 is 5.97 Å². The summed E-state index contributed by atoms with van der Waals surface area (Å²) in [6.07, 6.45) is 4.55. The van der Waals surface area contributed by atoms with Gasteiger partial charge in [0.1, 0.15) is 0 Å². The summed E-state index contributed by atoms with van der Waals surface area (Å²) in [7, 11) is -3.13. The van der Waals surface area contributed by atoms with E-state index in [9.17, 15) is 13.2 Å². The van der Waals surface area contributed by atoms with Crippen molar-refractivity contribution in [2.24, 2.45) is 11.8 Å². The Balaban J connectivity index is 1.90. The molecule has 0 aliphatic heterocycles. The molecule has 2 fully saturated rings. The van der Waals surface area contributed by atoms with E-state index < -0.39 is 10.0 Å². The van der Waals surface area contributed by atoms with E-state index in [0.29, 0.717) is 18.9 Å². The maximum absolute atomic E-state index is 12.0. The van der Waals surface area contributed by atoms with Gasteiger partial charge in [0.05, 0.1) is 11.9 Å². The molecule has 1 N–H and O–H groups in total. The van der Waals surface area contributed by atoms with E-state index in [1.807, 2.05) is 0 Å². The summed E-state index contributed by atoms with van der Waals surface area (Å²) in [6.45, 7) is 4.30. The summed E-state index contributed by atoms with van der Waals surface area (Å²) in [5.74, 6) is 0.485. The Morgan fingerprint density at radius 2 is 1.85 bits per heavy atom. The van der Waals surface area contributed by atoms with Crippen molar-refractivity contribution >= 4 is 16.0 Å². The number of ether oxygens (including phenoxy) is 1. The van der Waals surface area contributed by atoms with E-state index in [1.54, 1.807) is 6.92 Å². The second-order valence-electron chi connectivity index (χ2n) is 5.97. The van der Waals surface area contributed by atoms with Crippen LogP contribution < -0.4 is 4.72 Å². The van der Waals surface area contributed by atoms with Crippen molar-refractivity contribution in [2.75, 3.05) is 6.61 Å². The van der Waals surface area contributed by atoms with Crippen molar-refractivity contribution in [3.8, 4) is 0 Å². The maximum Gasteiger partial charge on any atom is 0.306 e. The first-order valence-electron chi connectivity index (χ1n) is 7.63. The average molecular weight is 303 g/mol. The van der Waals surface area contributed by atoms with E-state index in [-0.39, 0.29) is 23.2 Å². The summed E-state index contributed by atoms with van der Waals surface area (Å²) in [4.78, 5) is 11.6. The summed E-state index contributed by atoms with van der Waals surface area (Å²) in [5.41, 5.74) is 0.